The molecule has 0 saturated carbocycles. The topological polar surface area (TPSA) is 64.3 Å². The van der Waals surface area contributed by atoms with Gasteiger partial charge in [0, 0.05) is 22.8 Å². The molecule has 0 fully saturated rings. The van der Waals surface area contributed by atoms with E-state index in [1.165, 1.54) is 0 Å². The lowest BCUT2D eigenvalue weighted by Crippen LogP contribution is -2.11. The minimum Gasteiger partial charge on any atom is -0.496 e. The molecule has 4 nitrogen and oxygen atoms in total. The van der Waals surface area contributed by atoms with E-state index < -0.39 is 5.91 Å². The molecule has 0 unspecified atom stereocenters. The van der Waals surface area contributed by atoms with Crippen LogP contribution < -0.4 is 15.8 Å². The van der Waals surface area contributed by atoms with Crippen LogP contribution in [-0.4, -0.2) is 13.0 Å². The maximum atomic E-state index is 11.1. The summed E-state index contributed by atoms with van der Waals surface area (Å²) in [5.74, 6) is 0.278. The van der Waals surface area contributed by atoms with Crippen LogP contribution in [-0.2, 0) is 6.54 Å². The number of rotatable bonds is 5. The molecule has 0 radical (unpaired) electrons. The van der Waals surface area contributed by atoms with Gasteiger partial charge in [-0.1, -0.05) is 17.7 Å². The molecule has 0 aliphatic heterocycles. The van der Waals surface area contributed by atoms with Gasteiger partial charge in [0.1, 0.15) is 5.75 Å². The number of anilines is 1. The minimum absolute atomic E-state index is 0.399. The molecule has 6 heteroatoms. The quantitative estimate of drug-likeness (QED) is 0.842. The summed E-state index contributed by atoms with van der Waals surface area (Å²) in [7, 11) is 1.62. The van der Waals surface area contributed by atoms with Crippen molar-refractivity contribution < 1.29 is 9.53 Å². The number of nitrogens with one attached hydrogen (secondary N) is 1. The highest BCUT2D eigenvalue weighted by Gasteiger charge is 2.06. The number of primary amides is 1. The van der Waals surface area contributed by atoms with E-state index in [1.807, 2.05) is 18.2 Å². The molecule has 21 heavy (non-hydrogen) atoms. The summed E-state index contributed by atoms with van der Waals surface area (Å²) in [6.45, 7) is 0.538. The van der Waals surface area contributed by atoms with Gasteiger partial charge in [0.15, 0.2) is 0 Å². The Hall–Kier alpha value is -1.72. The van der Waals surface area contributed by atoms with E-state index in [0.717, 1.165) is 21.5 Å². The van der Waals surface area contributed by atoms with Crippen LogP contribution in [0.5, 0.6) is 5.75 Å². The molecule has 0 aromatic heterocycles. The number of amides is 1. The monoisotopic (exact) mass is 368 g/mol. The fraction of sp³-hybridized carbons (Fsp3) is 0.133. The van der Waals surface area contributed by atoms with Gasteiger partial charge in [-0.05, 0) is 51.8 Å². The number of nitrogens with two attached hydrogens (primary N) is 1. The molecule has 0 atom stereocenters. The Balaban J connectivity index is 2.09. The van der Waals surface area contributed by atoms with Crippen LogP contribution in [0.25, 0.3) is 0 Å². The molecule has 110 valence electrons. The number of carbonyl (C=O) groups is 1. The van der Waals surface area contributed by atoms with Crippen molar-refractivity contribution in [3.05, 3.63) is 57.0 Å². The van der Waals surface area contributed by atoms with E-state index in [1.54, 1.807) is 25.3 Å². The summed E-state index contributed by atoms with van der Waals surface area (Å²) in [5.41, 5.74) is 7.42. The Kier molecular flexibility index (Phi) is 5.09. The Morgan fingerprint density at radius 2 is 2.10 bits per heavy atom. The van der Waals surface area contributed by atoms with Gasteiger partial charge in [0.05, 0.1) is 11.6 Å². The second-order valence-corrected chi connectivity index (χ2v) is 5.63. The molecule has 0 saturated heterocycles. The number of ether oxygens (including phenoxy) is 1. The number of hydrogen-bond donors (Lipinski definition) is 2. The molecule has 1 amide bonds. The maximum Gasteiger partial charge on any atom is 0.248 e. The third kappa shape index (κ3) is 3.89. The van der Waals surface area contributed by atoms with Gasteiger partial charge in [-0.25, -0.2) is 0 Å². The molecule has 0 aliphatic carbocycles. The van der Waals surface area contributed by atoms with Crippen LogP contribution in [0, 0.1) is 0 Å². The Morgan fingerprint density at radius 3 is 2.67 bits per heavy atom. The SMILES string of the molecule is COc1ccc(NCc2ccc(C(N)=O)cc2Cl)cc1Br. The van der Waals surface area contributed by atoms with Crippen molar-refractivity contribution in [3.8, 4) is 5.75 Å². The first-order valence-corrected chi connectivity index (χ1v) is 7.34. The second kappa shape index (κ2) is 6.83. The van der Waals surface area contributed by atoms with Crippen molar-refractivity contribution >= 4 is 39.1 Å². The summed E-state index contributed by atoms with van der Waals surface area (Å²) in [6, 6.07) is 10.7. The predicted octanol–water partition coefficient (Wildman–Crippen LogP) is 3.82. The van der Waals surface area contributed by atoms with E-state index in [9.17, 15) is 4.79 Å². The number of carbonyl (C=O) groups excluding carboxylic acids is 1. The van der Waals surface area contributed by atoms with Gasteiger partial charge in [0.25, 0.3) is 0 Å². The van der Waals surface area contributed by atoms with Crippen LogP contribution in [0.1, 0.15) is 15.9 Å². The van der Waals surface area contributed by atoms with Crippen LogP contribution in [0.15, 0.2) is 40.9 Å². The largest absolute Gasteiger partial charge is 0.496 e. The lowest BCUT2D eigenvalue weighted by molar-refractivity contribution is 0.100. The van der Waals surface area contributed by atoms with E-state index >= 15 is 0 Å². The standard InChI is InChI=1S/C15H14BrClN2O2/c1-21-14-5-4-11(7-12(14)16)19-8-10-3-2-9(15(18)20)6-13(10)17/h2-7,19H,8H2,1H3,(H2,18,20). The van der Waals surface area contributed by atoms with Crippen LogP contribution in [0.3, 0.4) is 0 Å². The third-order valence-corrected chi connectivity index (χ3v) is 3.94. The fourth-order valence-corrected chi connectivity index (χ4v) is 2.61. The summed E-state index contributed by atoms with van der Waals surface area (Å²) < 4.78 is 6.04. The molecule has 3 N–H and O–H groups in total. The molecule has 2 rings (SSSR count). The highest BCUT2D eigenvalue weighted by molar-refractivity contribution is 9.10. The van der Waals surface area contributed by atoms with Crippen molar-refractivity contribution in [2.24, 2.45) is 5.73 Å². The summed E-state index contributed by atoms with van der Waals surface area (Å²) in [4.78, 5) is 11.1. The molecule has 2 aromatic rings. The van der Waals surface area contributed by atoms with Crippen molar-refractivity contribution in [1.82, 2.24) is 0 Å². The first-order chi connectivity index (χ1) is 10.0. The molecule has 0 bridgehead atoms. The van der Waals surface area contributed by atoms with Crippen molar-refractivity contribution in [2.45, 2.75) is 6.54 Å². The van der Waals surface area contributed by atoms with Gasteiger partial charge >= 0.3 is 0 Å². The van der Waals surface area contributed by atoms with E-state index in [4.69, 9.17) is 22.1 Å². The van der Waals surface area contributed by atoms with Crippen molar-refractivity contribution in [2.75, 3.05) is 12.4 Å². The maximum absolute atomic E-state index is 11.1. The summed E-state index contributed by atoms with van der Waals surface area (Å²) in [6.07, 6.45) is 0. The fourth-order valence-electron chi connectivity index (χ4n) is 1.82. The molecular formula is C15H14BrClN2O2. The van der Waals surface area contributed by atoms with Crippen molar-refractivity contribution in [1.29, 1.82) is 0 Å². The molecular weight excluding hydrogens is 356 g/mol. The van der Waals surface area contributed by atoms with Crippen LogP contribution in [0.4, 0.5) is 5.69 Å². The second-order valence-electron chi connectivity index (χ2n) is 4.37. The average Bonchev–Trinajstić information content (AvgIpc) is 2.46. The van der Waals surface area contributed by atoms with Crippen molar-refractivity contribution in [3.63, 3.8) is 0 Å². The normalized spacial score (nSPS) is 10.2. The molecule has 0 spiro atoms. The molecule has 2 aromatic carbocycles. The van der Waals surface area contributed by atoms with Gasteiger partial charge in [-0.3, -0.25) is 4.79 Å². The molecule has 0 heterocycles. The first kappa shape index (κ1) is 15.7. The van der Waals surface area contributed by atoms with E-state index in [2.05, 4.69) is 21.2 Å². The highest BCUT2D eigenvalue weighted by Crippen LogP contribution is 2.28. The summed E-state index contributed by atoms with van der Waals surface area (Å²) in [5, 5.41) is 3.76. The number of benzene rings is 2. The van der Waals surface area contributed by atoms with Gasteiger partial charge in [-0.2, -0.15) is 0 Å². The zero-order chi connectivity index (χ0) is 15.4. The zero-order valence-electron chi connectivity index (χ0n) is 11.3. The summed E-state index contributed by atoms with van der Waals surface area (Å²) >= 11 is 9.57. The third-order valence-electron chi connectivity index (χ3n) is 2.97. The molecule has 0 aliphatic rings. The Labute approximate surface area is 136 Å². The van der Waals surface area contributed by atoms with E-state index in [0.29, 0.717) is 17.1 Å². The lowest BCUT2D eigenvalue weighted by atomic mass is 10.1. The highest BCUT2D eigenvalue weighted by atomic mass is 79.9. The van der Waals surface area contributed by atoms with Crippen LogP contribution in [0.2, 0.25) is 5.02 Å². The number of methoxy groups -OCH3 is 1. The smallest absolute Gasteiger partial charge is 0.248 e. The van der Waals surface area contributed by atoms with Gasteiger partial charge in [-0.15, -0.1) is 0 Å². The number of halogens is 2. The Bertz CT molecular complexity index is 677. The number of hydrogen-bond acceptors (Lipinski definition) is 3. The predicted molar refractivity (Wildman–Crippen MR) is 88.0 cm³/mol. The van der Waals surface area contributed by atoms with Gasteiger partial charge in [0.2, 0.25) is 5.91 Å². The van der Waals surface area contributed by atoms with Crippen LogP contribution >= 0.6 is 27.5 Å². The van der Waals surface area contributed by atoms with E-state index in [-0.39, 0.29) is 0 Å². The average molecular weight is 370 g/mol. The van der Waals surface area contributed by atoms with Gasteiger partial charge < -0.3 is 15.8 Å². The zero-order valence-corrected chi connectivity index (χ0v) is 13.7. The minimum atomic E-state index is -0.490. The Morgan fingerprint density at radius 1 is 1.33 bits per heavy atom. The lowest BCUT2D eigenvalue weighted by Gasteiger charge is -2.10. The first-order valence-electron chi connectivity index (χ1n) is 6.17.